The number of aromatic nitrogens is 1. The number of aromatic amines is 1. The number of rotatable bonds is 6. The molecule has 1 aliphatic heterocycles. The van der Waals surface area contributed by atoms with Gasteiger partial charge in [-0.15, -0.1) is 0 Å². The van der Waals surface area contributed by atoms with E-state index in [2.05, 4.69) is 10.3 Å². The quantitative estimate of drug-likeness (QED) is 0.693. The van der Waals surface area contributed by atoms with E-state index in [1.54, 1.807) is 4.90 Å². The molecule has 0 radical (unpaired) electrons. The first-order valence-corrected chi connectivity index (χ1v) is 10.9. The standard InChI is InChI=1S/C19H27N5O4S/c1-14(25)21-18(12-15-13-20-17-7-5-4-6-16(15)17)19(26)23-8-10-24(11-9-23)29(27,28)22(2)3/h4-7,13,18,20H,8-12H2,1-3H3,(H,21,25)/t18-/m1/s1. The van der Waals surface area contributed by atoms with Gasteiger partial charge in [-0.3, -0.25) is 9.59 Å². The molecular weight excluding hydrogens is 394 g/mol. The minimum Gasteiger partial charge on any atom is -0.361 e. The zero-order valence-corrected chi connectivity index (χ0v) is 17.7. The number of carbonyl (C=O) groups excluding carboxylic acids is 2. The summed E-state index contributed by atoms with van der Waals surface area (Å²) in [6, 6.07) is 7.09. The molecule has 2 amide bonds. The first-order chi connectivity index (χ1) is 13.7. The first-order valence-electron chi connectivity index (χ1n) is 9.48. The highest BCUT2D eigenvalue weighted by Crippen LogP contribution is 2.20. The molecule has 1 aromatic heterocycles. The van der Waals surface area contributed by atoms with Crippen LogP contribution in [0.4, 0.5) is 0 Å². The smallest absolute Gasteiger partial charge is 0.281 e. The van der Waals surface area contributed by atoms with Crippen LogP contribution in [0.3, 0.4) is 0 Å². The molecule has 158 valence electrons. The summed E-state index contributed by atoms with van der Waals surface area (Å²) < 4.78 is 27.1. The molecule has 0 unspecified atom stereocenters. The van der Waals surface area contributed by atoms with Gasteiger partial charge >= 0.3 is 0 Å². The molecule has 2 heterocycles. The van der Waals surface area contributed by atoms with E-state index in [1.807, 2.05) is 30.5 Å². The molecule has 0 bridgehead atoms. The van der Waals surface area contributed by atoms with Crippen molar-refractivity contribution in [2.75, 3.05) is 40.3 Å². The summed E-state index contributed by atoms with van der Waals surface area (Å²) in [7, 11) is -0.525. The monoisotopic (exact) mass is 421 g/mol. The van der Waals surface area contributed by atoms with Crippen LogP contribution in [0.25, 0.3) is 10.9 Å². The van der Waals surface area contributed by atoms with E-state index in [9.17, 15) is 18.0 Å². The average molecular weight is 422 g/mol. The zero-order valence-electron chi connectivity index (χ0n) is 16.9. The Morgan fingerprint density at radius 2 is 1.83 bits per heavy atom. The van der Waals surface area contributed by atoms with Gasteiger partial charge in [-0.1, -0.05) is 18.2 Å². The maximum atomic E-state index is 13.1. The van der Waals surface area contributed by atoms with E-state index >= 15 is 0 Å². The normalized spacial score (nSPS) is 16.9. The van der Waals surface area contributed by atoms with Crippen LogP contribution in [0.1, 0.15) is 12.5 Å². The number of piperazine rings is 1. The van der Waals surface area contributed by atoms with Crippen molar-refractivity contribution in [1.82, 2.24) is 23.8 Å². The van der Waals surface area contributed by atoms with Gasteiger partial charge in [0.1, 0.15) is 6.04 Å². The Hall–Kier alpha value is -2.43. The number of carbonyl (C=O) groups is 2. The molecule has 1 atom stereocenters. The van der Waals surface area contributed by atoms with E-state index in [4.69, 9.17) is 0 Å². The third kappa shape index (κ3) is 4.60. The number of benzene rings is 1. The van der Waals surface area contributed by atoms with Gasteiger partial charge in [0.15, 0.2) is 0 Å². The van der Waals surface area contributed by atoms with Crippen LogP contribution in [0.2, 0.25) is 0 Å². The number of hydrogen-bond acceptors (Lipinski definition) is 4. The SMILES string of the molecule is CC(=O)N[C@H](Cc1c[nH]c2ccccc12)C(=O)N1CCN(S(=O)(=O)N(C)C)CC1. The maximum Gasteiger partial charge on any atom is 0.281 e. The second-order valence-electron chi connectivity index (χ2n) is 7.33. The Kier molecular flexibility index (Phi) is 6.25. The van der Waals surface area contributed by atoms with E-state index in [0.717, 1.165) is 16.5 Å². The van der Waals surface area contributed by atoms with Crippen molar-refractivity contribution < 1.29 is 18.0 Å². The molecule has 1 aromatic carbocycles. The molecule has 0 aliphatic carbocycles. The average Bonchev–Trinajstić information content (AvgIpc) is 3.09. The summed E-state index contributed by atoms with van der Waals surface area (Å²) in [5.41, 5.74) is 1.92. The molecule has 1 aliphatic rings. The van der Waals surface area contributed by atoms with Gasteiger partial charge in [-0.2, -0.15) is 17.0 Å². The van der Waals surface area contributed by atoms with E-state index in [-0.39, 0.29) is 38.0 Å². The van der Waals surface area contributed by atoms with Crippen LogP contribution in [0, 0.1) is 0 Å². The van der Waals surface area contributed by atoms with Gasteiger partial charge in [0, 0.05) is 70.7 Å². The van der Waals surface area contributed by atoms with Crippen LogP contribution >= 0.6 is 0 Å². The fraction of sp³-hybridized carbons (Fsp3) is 0.474. The second kappa shape index (κ2) is 8.52. The molecule has 3 rings (SSSR count). The zero-order chi connectivity index (χ0) is 21.2. The van der Waals surface area contributed by atoms with Crippen LogP contribution in [-0.4, -0.2) is 85.0 Å². The molecule has 29 heavy (non-hydrogen) atoms. The van der Waals surface area contributed by atoms with Crippen molar-refractivity contribution in [3.63, 3.8) is 0 Å². The summed E-state index contributed by atoms with van der Waals surface area (Å²) in [6.45, 7) is 2.42. The second-order valence-corrected chi connectivity index (χ2v) is 9.47. The fourth-order valence-corrected chi connectivity index (χ4v) is 4.64. The third-order valence-corrected chi connectivity index (χ3v) is 7.05. The van der Waals surface area contributed by atoms with Crippen LogP contribution in [0.15, 0.2) is 30.5 Å². The molecule has 10 heteroatoms. The van der Waals surface area contributed by atoms with Crippen LogP contribution in [0.5, 0.6) is 0 Å². The van der Waals surface area contributed by atoms with Crippen LogP contribution < -0.4 is 5.32 Å². The van der Waals surface area contributed by atoms with Gasteiger partial charge < -0.3 is 15.2 Å². The largest absolute Gasteiger partial charge is 0.361 e. The summed E-state index contributed by atoms with van der Waals surface area (Å²) in [4.78, 5) is 29.6. The topological polar surface area (TPSA) is 106 Å². The molecule has 1 fully saturated rings. The number of amides is 2. The Bertz CT molecular complexity index is 993. The number of nitrogens with zero attached hydrogens (tertiary/aromatic N) is 3. The van der Waals surface area contributed by atoms with E-state index in [0.29, 0.717) is 6.42 Å². The molecule has 9 nitrogen and oxygen atoms in total. The van der Waals surface area contributed by atoms with E-state index in [1.165, 1.54) is 29.6 Å². The van der Waals surface area contributed by atoms with Crippen molar-refractivity contribution in [1.29, 1.82) is 0 Å². The fourth-order valence-electron chi connectivity index (χ4n) is 3.56. The first kappa shape index (κ1) is 21.3. The Morgan fingerprint density at radius 1 is 1.17 bits per heavy atom. The Labute approximate surface area is 170 Å². The number of fused-ring (bicyclic) bond motifs is 1. The highest BCUT2D eigenvalue weighted by Gasteiger charge is 2.33. The van der Waals surface area contributed by atoms with Crippen molar-refractivity contribution in [2.45, 2.75) is 19.4 Å². The minimum atomic E-state index is -3.50. The molecule has 2 aromatic rings. The third-order valence-electron chi connectivity index (χ3n) is 5.11. The number of hydrogen-bond donors (Lipinski definition) is 2. The van der Waals surface area contributed by atoms with Gasteiger partial charge in [-0.25, -0.2) is 0 Å². The minimum absolute atomic E-state index is 0.201. The molecule has 0 spiro atoms. The van der Waals surface area contributed by atoms with Crippen molar-refractivity contribution >= 4 is 32.9 Å². The molecule has 0 saturated carbocycles. The molecular formula is C19H27N5O4S. The van der Waals surface area contributed by atoms with E-state index < -0.39 is 16.3 Å². The lowest BCUT2D eigenvalue weighted by atomic mass is 10.0. The number of nitrogens with one attached hydrogen (secondary N) is 2. The van der Waals surface area contributed by atoms with Crippen molar-refractivity contribution in [3.05, 3.63) is 36.0 Å². The molecule has 1 saturated heterocycles. The predicted molar refractivity (Wildman–Crippen MR) is 110 cm³/mol. The summed E-state index contributed by atoms with van der Waals surface area (Å²) in [6.07, 6.45) is 2.22. The van der Waals surface area contributed by atoms with Gasteiger partial charge in [0.25, 0.3) is 10.2 Å². The lowest BCUT2D eigenvalue weighted by molar-refractivity contribution is -0.137. The molecule has 2 N–H and O–H groups in total. The Balaban J connectivity index is 1.73. The Morgan fingerprint density at radius 3 is 2.45 bits per heavy atom. The van der Waals surface area contributed by atoms with Crippen LogP contribution in [-0.2, 0) is 26.2 Å². The number of H-pyrrole nitrogens is 1. The van der Waals surface area contributed by atoms with Crippen molar-refractivity contribution in [2.24, 2.45) is 0 Å². The van der Waals surface area contributed by atoms with Gasteiger partial charge in [0.05, 0.1) is 0 Å². The summed E-state index contributed by atoms with van der Waals surface area (Å²) in [5.74, 6) is -0.482. The van der Waals surface area contributed by atoms with Crippen molar-refractivity contribution in [3.8, 4) is 0 Å². The highest BCUT2D eigenvalue weighted by atomic mass is 32.2. The van der Waals surface area contributed by atoms with Gasteiger partial charge in [-0.05, 0) is 11.6 Å². The maximum absolute atomic E-state index is 13.1. The summed E-state index contributed by atoms with van der Waals surface area (Å²) >= 11 is 0. The number of para-hydroxylation sites is 1. The lowest BCUT2D eigenvalue weighted by Gasteiger charge is -2.36. The van der Waals surface area contributed by atoms with Gasteiger partial charge in [0.2, 0.25) is 11.8 Å². The lowest BCUT2D eigenvalue weighted by Crippen LogP contribution is -2.57. The highest BCUT2D eigenvalue weighted by molar-refractivity contribution is 7.86. The predicted octanol–water partition coefficient (Wildman–Crippen LogP) is 0.166. The summed E-state index contributed by atoms with van der Waals surface area (Å²) in [5, 5.41) is 3.77.